The Balaban J connectivity index is 0. The first-order chi connectivity index (χ1) is 11.5. The summed E-state index contributed by atoms with van der Waals surface area (Å²) < 4.78 is 13.1. The van der Waals surface area contributed by atoms with E-state index in [1.165, 1.54) is 103 Å². The Morgan fingerprint density at radius 1 is 0.583 bits per heavy atom. The van der Waals surface area contributed by atoms with Crippen LogP contribution < -0.4 is 0 Å². The zero-order valence-electron chi connectivity index (χ0n) is 16.5. The van der Waals surface area contributed by atoms with Crippen molar-refractivity contribution in [3.05, 3.63) is 0 Å². The first kappa shape index (κ1) is 26.3. The number of rotatable bonds is 16. The summed E-state index contributed by atoms with van der Waals surface area (Å²) in [5, 5.41) is 0. The number of phosphoric acid groups is 1. The summed E-state index contributed by atoms with van der Waals surface area (Å²) in [7, 11) is -3.20. The molecule has 0 aromatic rings. The smallest absolute Gasteiger partial charge is 0.303 e. The highest BCUT2D eigenvalue weighted by molar-refractivity contribution is 7.46. The summed E-state index contributed by atoms with van der Waals surface area (Å²) in [4.78, 5) is 15.4. The second-order valence-corrected chi connectivity index (χ2v) is 7.97. The summed E-state index contributed by atoms with van der Waals surface area (Å²) >= 11 is 0. The van der Waals surface area contributed by atoms with Crippen LogP contribution in [0.15, 0.2) is 0 Å². The highest BCUT2D eigenvalue weighted by atomic mass is 31.2. The standard InChI is InChI=1S/C18H38.CH5O4P/c1-3-5-7-9-11-13-15-17-18-16-14-12-10-8-6-4-2;1-5-6(2,3)4/h3-18H2,1-2H3;1H3,(H2,2,3,4). The van der Waals surface area contributed by atoms with Crippen molar-refractivity contribution in [2.24, 2.45) is 0 Å². The molecule has 0 unspecified atom stereocenters. The summed E-state index contributed by atoms with van der Waals surface area (Å²) in [6.45, 7) is 4.59. The van der Waals surface area contributed by atoms with Crippen molar-refractivity contribution in [3.8, 4) is 0 Å². The van der Waals surface area contributed by atoms with Gasteiger partial charge in [0, 0.05) is 7.11 Å². The number of hydrogen-bond donors (Lipinski definition) is 2. The second-order valence-electron chi connectivity index (χ2n) is 6.62. The van der Waals surface area contributed by atoms with Gasteiger partial charge in [0.05, 0.1) is 0 Å². The molecule has 0 rings (SSSR count). The van der Waals surface area contributed by atoms with Crippen LogP contribution in [-0.4, -0.2) is 16.9 Å². The van der Waals surface area contributed by atoms with Crippen LogP contribution in [0, 0.1) is 0 Å². The third kappa shape index (κ3) is 30.0. The van der Waals surface area contributed by atoms with Crippen molar-refractivity contribution in [2.45, 2.75) is 117 Å². The average molecular weight is 367 g/mol. The Hall–Kier alpha value is 0.110. The topological polar surface area (TPSA) is 66.8 Å². The van der Waals surface area contributed by atoms with Gasteiger partial charge in [0.2, 0.25) is 0 Å². The first-order valence-corrected chi connectivity index (χ1v) is 11.6. The minimum absolute atomic E-state index is 0.945. The molecule has 0 aliphatic carbocycles. The average Bonchev–Trinajstić information content (AvgIpc) is 2.55. The fourth-order valence-electron chi connectivity index (χ4n) is 2.62. The molecule has 0 heterocycles. The molecule has 0 bridgehead atoms. The highest BCUT2D eigenvalue weighted by Crippen LogP contribution is 2.33. The molecule has 0 aromatic heterocycles. The Morgan fingerprint density at radius 3 is 0.875 bits per heavy atom. The predicted molar refractivity (Wildman–Crippen MR) is 104 cm³/mol. The van der Waals surface area contributed by atoms with Crippen LogP contribution in [0.4, 0.5) is 0 Å². The maximum absolute atomic E-state index is 9.47. The Bertz CT molecular complexity index is 250. The van der Waals surface area contributed by atoms with E-state index in [-0.39, 0.29) is 0 Å². The summed E-state index contributed by atoms with van der Waals surface area (Å²) in [5.74, 6) is 0. The van der Waals surface area contributed by atoms with Crippen LogP contribution in [0.2, 0.25) is 0 Å². The minimum Gasteiger partial charge on any atom is -0.303 e. The monoisotopic (exact) mass is 366 g/mol. The van der Waals surface area contributed by atoms with E-state index in [1.54, 1.807) is 0 Å². The molecule has 4 nitrogen and oxygen atoms in total. The van der Waals surface area contributed by atoms with Gasteiger partial charge in [0.15, 0.2) is 0 Å². The lowest BCUT2D eigenvalue weighted by Crippen LogP contribution is -1.83. The SMILES string of the molecule is CCCCCCCCCCCCCCCCCC.COP(=O)(O)O. The fraction of sp³-hybridized carbons (Fsp3) is 1.00. The lowest BCUT2D eigenvalue weighted by molar-refractivity contribution is 0.235. The molecule has 0 amide bonds. The zero-order chi connectivity index (χ0) is 18.5. The molecule has 5 heteroatoms. The number of unbranched alkanes of at least 4 members (excludes halogenated alkanes) is 15. The van der Waals surface area contributed by atoms with Crippen LogP contribution in [0.25, 0.3) is 0 Å². The summed E-state index contributed by atoms with van der Waals surface area (Å²) in [5.41, 5.74) is 0. The first-order valence-electron chi connectivity index (χ1n) is 10.1. The highest BCUT2D eigenvalue weighted by Gasteiger charge is 2.07. The molecule has 148 valence electrons. The molecule has 2 N–H and O–H groups in total. The van der Waals surface area contributed by atoms with Gasteiger partial charge in [-0.1, -0.05) is 117 Å². The van der Waals surface area contributed by atoms with Crippen LogP contribution in [0.1, 0.15) is 117 Å². The van der Waals surface area contributed by atoms with Gasteiger partial charge >= 0.3 is 7.82 Å². The van der Waals surface area contributed by atoms with Gasteiger partial charge < -0.3 is 9.79 Å². The molecule has 0 saturated carbocycles. The molecule has 0 spiro atoms. The summed E-state index contributed by atoms with van der Waals surface area (Å²) in [6.07, 6.45) is 23.4. The van der Waals surface area contributed by atoms with Gasteiger partial charge in [0.1, 0.15) is 0 Å². The fourth-order valence-corrected chi connectivity index (χ4v) is 2.62. The van der Waals surface area contributed by atoms with Crippen LogP contribution in [0.5, 0.6) is 0 Å². The van der Waals surface area contributed by atoms with Crippen LogP contribution in [-0.2, 0) is 9.09 Å². The van der Waals surface area contributed by atoms with Gasteiger partial charge in [-0.2, -0.15) is 0 Å². The van der Waals surface area contributed by atoms with Crippen molar-refractivity contribution in [1.82, 2.24) is 0 Å². The normalized spacial score (nSPS) is 11.2. The maximum Gasteiger partial charge on any atom is 0.469 e. The Kier molecular flexibility index (Phi) is 23.2. The van der Waals surface area contributed by atoms with E-state index in [1.807, 2.05) is 0 Å². The van der Waals surface area contributed by atoms with E-state index < -0.39 is 7.82 Å². The molecule has 0 radical (unpaired) electrons. The lowest BCUT2D eigenvalue weighted by Gasteiger charge is -2.03. The third-order valence-electron chi connectivity index (χ3n) is 4.19. The molecule has 0 atom stereocenters. The molecular formula is C19H43O4P. The van der Waals surface area contributed by atoms with E-state index in [2.05, 4.69) is 18.4 Å². The van der Waals surface area contributed by atoms with Gasteiger partial charge in [-0.3, -0.25) is 4.52 Å². The third-order valence-corrected chi connectivity index (χ3v) is 4.67. The van der Waals surface area contributed by atoms with Gasteiger partial charge in [-0.15, -0.1) is 0 Å². The Morgan fingerprint density at radius 2 is 0.750 bits per heavy atom. The molecular weight excluding hydrogens is 323 g/mol. The van der Waals surface area contributed by atoms with E-state index >= 15 is 0 Å². The molecule has 24 heavy (non-hydrogen) atoms. The Labute approximate surface area is 151 Å². The van der Waals surface area contributed by atoms with E-state index in [9.17, 15) is 4.57 Å². The van der Waals surface area contributed by atoms with Crippen molar-refractivity contribution < 1.29 is 18.9 Å². The molecule has 0 fully saturated rings. The van der Waals surface area contributed by atoms with Crippen molar-refractivity contribution in [1.29, 1.82) is 0 Å². The van der Waals surface area contributed by atoms with Gasteiger partial charge in [-0.25, -0.2) is 4.57 Å². The van der Waals surface area contributed by atoms with Crippen LogP contribution >= 0.6 is 7.82 Å². The van der Waals surface area contributed by atoms with Crippen LogP contribution in [0.3, 0.4) is 0 Å². The predicted octanol–water partition coefficient (Wildman–Crippen LogP) is 6.99. The zero-order valence-corrected chi connectivity index (χ0v) is 17.4. The van der Waals surface area contributed by atoms with E-state index in [0.29, 0.717) is 0 Å². The minimum atomic E-state index is -4.15. The largest absolute Gasteiger partial charge is 0.469 e. The summed E-state index contributed by atoms with van der Waals surface area (Å²) in [6, 6.07) is 0. The van der Waals surface area contributed by atoms with Gasteiger partial charge in [-0.05, 0) is 0 Å². The molecule has 0 aliphatic heterocycles. The molecule has 0 saturated heterocycles. The second kappa shape index (κ2) is 21.2. The lowest BCUT2D eigenvalue weighted by atomic mass is 10.0. The number of hydrogen-bond acceptors (Lipinski definition) is 2. The molecule has 0 aromatic carbocycles. The number of phosphoric ester groups is 1. The van der Waals surface area contributed by atoms with E-state index in [4.69, 9.17) is 9.79 Å². The molecule has 0 aliphatic rings. The van der Waals surface area contributed by atoms with E-state index in [0.717, 1.165) is 7.11 Å². The van der Waals surface area contributed by atoms with Gasteiger partial charge in [0.25, 0.3) is 0 Å². The van der Waals surface area contributed by atoms with Crippen molar-refractivity contribution in [3.63, 3.8) is 0 Å². The van der Waals surface area contributed by atoms with Crippen molar-refractivity contribution >= 4 is 7.82 Å². The quantitative estimate of drug-likeness (QED) is 0.228. The van der Waals surface area contributed by atoms with Crippen molar-refractivity contribution in [2.75, 3.05) is 7.11 Å². The maximum atomic E-state index is 9.47.